The normalized spacial score (nSPS) is 9.25. The van der Waals surface area contributed by atoms with Gasteiger partial charge >= 0.3 is 0 Å². The summed E-state index contributed by atoms with van der Waals surface area (Å²) in [6.07, 6.45) is 0. The van der Waals surface area contributed by atoms with Crippen LogP contribution in [0.4, 0.5) is 0 Å². The second-order valence-electron chi connectivity index (χ2n) is 0.292. The molecular formula is HAuNO5S-2. The second kappa shape index (κ2) is 15.7. The van der Waals surface area contributed by atoms with Crippen molar-refractivity contribution >= 4 is 11.4 Å². The molecule has 0 bridgehead atoms. The van der Waals surface area contributed by atoms with Gasteiger partial charge in [-0.25, -0.2) is 4.21 Å². The monoisotopic (exact) mass is 324 g/mol. The predicted molar refractivity (Wildman–Crippen MR) is 20.7 cm³/mol. The Morgan fingerprint density at radius 2 is 1.62 bits per heavy atom. The summed E-state index contributed by atoms with van der Waals surface area (Å²) in [5, 5.41) is 9.00. The van der Waals surface area contributed by atoms with Gasteiger partial charge in [-0.1, -0.05) is 0 Å². The molecular weight excluding hydrogens is 323 g/mol. The molecule has 0 aromatic carbocycles. The molecule has 6 nitrogen and oxygen atoms in total. The summed E-state index contributed by atoms with van der Waals surface area (Å²) in [6.45, 7) is 0. The smallest absolute Gasteiger partial charge is 0.0814 e. The van der Waals surface area contributed by atoms with Gasteiger partial charge in [0, 0.05) is 22.4 Å². The van der Waals surface area contributed by atoms with Gasteiger partial charge in [0.2, 0.25) is 0 Å². The molecule has 0 aliphatic carbocycles. The molecule has 0 spiro atoms. The molecule has 0 aromatic heterocycles. The predicted octanol–water partition coefficient (Wildman–Crippen LogP) is -0.413. The van der Waals surface area contributed by atoms with E-state index in [0.717, 1.165) is 5.34 Å². The molecule has 0 fully saturated rings. The summed E-state index contributed by atoms with van der Waals surface area (Å²) in [5.41, 5.74) is 0. The molecule has 0 aromatic rings. The van der Waals surface area contributed by atoms with E-state index >= 15 is 0 Å². The van der Waals surface area contributed by atoms with Gasteiger partial charge in [0.15, 0.2) is 0 Å². The molecule has 55 valence electrons. The molecule has 0 rings (SSSR count). The molecule has 0 aliphatic heterocycles. The van der Waals surface area contributed by atoms with Crippen molar-refractivity contribution in [2.24, 2.45) is 5.34 Å². The maximum absolute atomic E-state index is 8.56. The van der Waals surface area contributed by atoms with E-state index in [1.54, 1.807) is 0 Å². The maximum atomic E-state index is 8.56. The van der Waals surface area contributed by atoms with Crippen LogP contribution < -0.4 is 0 Å². The molecule has 1 unspecified atom stereocenters. The first-order chi connectivity index (χ1) is 3.15. The van der Waals surface area contributed by atoms with Gasteiger partial charge in [0.25, 0.3) is 0 Å². The minimum absolute atomic E-state index is 0. The Morgan fingerprint density at radius 3 is 1.62 bits per heavy atom. The quantitative estimate of drug-likeness (QED) is 0.282. The fraction of sp³-hybridized carbons (Fsp3) is 0. The van der Waals surface area contributed by atoms with E-state index in [1.807, 2.05) is 0 Å². The summed E-state index contributed by atoms with van der Waals surface area (Å²) in [6, 6.07) is 0. The molecule has 8 heteroatoms. The summed E-state index contributed by atoms with van der Waals surface area (Å²) in [7, 11) is 0. The average Bonchev–Trinajstić information content (AvgIpc) is 1.33. The van der Waals surface area contributed by atoms with Crippen LogP contribution in [0.1, 0.15) is 0 Å². The fourth-order valence-corrected chi connectivity index (χ4v) is 0. The maximum Gasteiger partial charge on any atom is 0.0814 e. The Hall–Kier alpha value is 0.210. The zero-order chi connectivity index (χ0) is 6.28. The minimum Gasteiger partial charge on any atom is -0.750 e. The van der Waals surface area contributed by atoms with Crippen molar-refractivity contribution in [3.63, 3.8) is 0 Å². The minimum atomic E-state index is -2.86. The van der Waals surface area contributed by atoms with E-state index < -0.39 is 11.4 Å². The molecule has 1 N–H and O–H groups in total. The Balaban J connectivity index is -0.0000000575. The third-order valence-corrected chi connectivity index (χ3v) is 0. The van der Waals surface area contributed by atoms with Crippen LogP contribution in [0.5, 0.6) is 0 Å². The molecule has 0 saturated heterocycles. The van der Waals surface area contributed by atoms with Gasteiger partial charge in [0.1, 0.15) is 0 Å². The summed E-state index contributed by atoms with van der Waals surface area (Å²) >= 11 is -2.86. The fourth-order valence-electron chi connectivity index (χ4n) is 0. The third kappa shape index (κ3) is 3810. The number of hydrogen-bond acceptors (Lipinski definition) is 5. The molecule has 1 atom stereocenters. The first-order valence-electron chi connectivity index (χ1n) is 0.881. The van der Waals surface area contributed by atoms with Crippen LogP contribution in [0.2, 0.25) is 0 Å². The molecule has 0 aliphatic rings. The SMILES string of the molecule is O=N[O-].O=S([O-])O.[Au]. The Morgan fingerprint density at radius 1 is 1.62 bits per heavy atom. The Bertz CT molecular complexity index is 59.4. The van der Waals surface area contributed by atoms with Crippen LogP contribution in [0.25, 0.3) is 0 Å². The van der Waals surface area contributed by atoms with Gasteiger partial charge in [-0.2, -0.15) is 0 Å². The summed E-state index contributed by atoms with van der Waals surface area (Å²) in [4.78, 5) is 8.00. The molecule has 0 saturated carbocycles. The number of nitrogens with zero attached hydrogens (tertiary/aromatic N) is 1. The number of hydrogen-bond donors (Lipinski definition) is 1. The number of rotatable bonds is 0. The van der Waals surface area contributed by atoms with Crippen molar-refractivity contribution in [3.05, 3.63) is 10.1 Å². The van der Waals surface area contributed by atoms with Crippen LogP contribution in [0, 0.1) is 10.1 Å². The molecule has 0 amide bonds. The summed E-state index contributed by atoms with van der Waals surface area (Å²) < 4.78 is 24.1. The zero-order valence-electron chi connectivity index (χ0n) is 3.24. The van der Waals surface area contributed by atoms with Gasteiger partial charge in [-0.15, -0.1) is 5.34 Å². The first kappa shape index (κ1) is 15.7. The van der Waals surface area contributed by atoms with Crippen LogP contribution in [0.3, 0.4) is 0 Å². The standard InChI is InChI=1S/Au.HNO2.H2O3S/c;2-1-3;1-4(2)3/h;(H,2,3);(H2,1,2,3)/p-2. The van der Waals surface area contributed by atoms with Crippen molar-refractivity contribution in [2.45, 2.75) is 0 Å². The summed E-state index contributed by atoms with van der Waals surface area (Å²) in [5.74, 6) is 0. The Labute approximate surface area is 62.8 Å². The van der Waals surface area contributed by atoms with Crippen molar-refractivity contribution in [3.8, 4) is 0 Å². The average molecular weight is 324 g/mol. The van der Waals surface area contributed by atoms with Crippen LogP contribution in [0.15, 0.2) is 5.34 Å². The molecule has 8 heavy (non-hydrogen) atoms. The van der Waals surface area contributed by atoms with E-state index in [1.165, 1.54) is 0 Å². The van der Waals surface area contributed by atoms with Crippen LogP contribution in [-0.2, 0) is 33.7 Å². The van der Waals surface area contributed by atoms with Gasteiger partial charge in [0.05, 0.1) is 11.4 Å². The van der Waals surface area contributed by atoms with E-state index in [-0.39, 0.29) is 22.4 Å². The van der Waals surface area contributed by atoms with Crippen LogP contribution >= 0.6 is 0 Å². The van der Waals surface area contributed by atoms with E-state index in [9.17, 15) is 0 Å². The van der Waals surface area contributed by atoms with Crippen molar-refractivity contribution in [2.75, 3.05) is 0 Å². The van der Waals surface area contributed by atoms with Crippen molar-refractivity contribution in [1.82, 2.24) is 0 Å². The van der Waals surface area contributed by atoms with E-state index in [0.29, 0.717) is 0 Å². The molecule has 1 radical (unpaired) electrons. The van der Waals surface area contributed by atoms with Gasteiger partial charge in [-0.05, 0) is 0 Å². The first-order valence-corrected chi connectivity index (χ1v) is 1.91. The largest absolute Gasteiger partial charge is 0.750 e. The van der Waals surface area contributed by atoms with E-state index in [2.05, 4.69) is 0 Å². The van der Waals surface area contributed by atoms with Crippen molar-refractivity contribution < 1.29 is 35.7 Å². The van der Waals surface area contributed by atoms with Crippen LogP contribution in [-0.4, -0.2) is 13.3 Å². The third-order valence-electron chi connectivity index (χ3n) is 0. The van der Waals surface area contributed by atoms with Crippen molar-refractivity contribution in [1.29, 1.82) is 0 Å². The van der Waals surface area contributed by atoms with E-state index in [4.69, 9.17) is 23.4 Å². The Kier molecular flexibility index (Phi) is 30.8. The van der Waals surface area contributed by atoms with Gasteiger partial charge in [-0.3, -0.25) is 0 Å². The topological polar surface area (TPSA) is 113 Å². The van der Waals surface area contributed by atoms with Gasteiger partial charge < -0.3 is 19.2 Å². The molecule has 0 heterocycles. The zero-order valence-corrected chi connectivity index (χ0v) is 6.22. The second-order valence-corrected chi connectivity index (χ2v) is 0.726.